The third-order valence-electron chi connectivity index (χ3n) is 3.94. The van der Waals surface area contributed by atoms with Gasteiger partial charge in [-0.3, -0.25) is 0 Å². The van der Waals surface area contributed by atoms with Gasteiger partial charge < -0.3 is 19.8 Å². The molecule has 2 unspecified atom stereocenters. The lowest BCUT2D eigenvalue weighted by atomic mass is 9.95. The summed E-state index contributed by atoms with van der Waals surface area (Å²) in [6.07, 6.45) is 4.38. The molecule has 1 aromatic heterocycles. The van der Waals surface area contributed by atoms with Gasteiger partial charge in [-0.2, -0.15) is 0 Å². The molecule has 5 nitrogen and oxygen atoms in total. The number of fused-ring (bicyclic) bond motifs is 1. The van der Waals surface area contributed by atoms with E-state index in [0.29, 0.717) is 6.04 Å². The van der Waals surface area contributed by atoms with Gasteiger partial charge in [0.05, 0.1) is 25.3 Å². The van der Waals surface area contributed by atoms with Gasteiger partial charge in [0.2, 0.25) is 0 Å². The second kappa shape index (κ2) is 5.41. The van der Waals surface area contributed by atoms with Crippen molar-refractivity contribution in [1.29, 1.82) is 0 Å². The molecule has 1 aromatic carbocycles. The van der Waals surface area contributed by atoms with Crippen molar-refractivity contribution >= 4 is 0 Å². The van der Waals surface area contributed by atoms with Crippen LogP contribution in [0, 0.1) is 0 Å². The molecule has 2 aromatic rings. The Morgan fingerprint density at radius 3 is 2.95 bits per heavy atom. The summed E-state index contributed by atoms with van der Waals surface area (Å²) in [5, 5.41) is 0. The van der Waals surface area contributed by atoms with Crippen molar-refractivity contribution in [3.63, 3.8) is 0 Å². The molecule has 0 fully saturated rings. The van der Waals surface area contributed by atoms with Crippen LogP contribution in [0.4, 0.5) is 0 Å². The lowest BCUT2D eigenvalue weighted by Crippen LogP contribution is -2.26. The van der Waals surface area contributed by atoms with Crippen LogP contribution in [-0.4, -0.2) is 16.7 Å². The third kappa shape index (κ3) is 2.49. The Labute approximate surface area is 124 Å². The lowest BCUT2D eigenvalue weighted by molar-refractivity contribution is 0.151. The molecule has 112 valence electrons. The van der Waals surface area contributed by atoms with E-state index in [2.05, 4.69) is 23.4 Å². The van der Waals surface area contributed by atoms with Crippen LogP contribution in [0.25, 0.3) is 0 Å². The second-order valence-corrected chi connectivity index (χ2v) is 5.67. The predicted octanol–water partition coefficient (Wildman–Crippen LogP) is 3.00. The molecule has 0 bridgehead atoms. The summed E-state index contributed by atoms with van der Waals surface area (Å²) in [6.45, 7) is 4.26. The molecule has 21 heavy (non-hydrogen) atoms. The molecule has 3 rings (SSSR count). The minimum absolute atomic E-state index is 0.0641. The van der Waals surface area contributed by atoms with Crippen molar-refractivity contribution in [2.45, 2.75) is 38.5 Å². The van der Waals surface area contributed by atoms with Crippen molar-refractivity contribution in [2.75, 3.05) is 7.11 Å². The first kappa shape index (κ1) is 13.9. The monoisotopic (exact) mass is 287 g/mol. The molecule has 1 aliphatic heterocycles. The summed E-state index contributed by atoms with van der Waals surface area (Å²) in [6, 6.07) is 6.06. The lowest BCUT2D eigenvalue weighted by Gasteiger charge is -2.31. The first-order valence-corrected chi connectivity index (χ1v) is 7.22. The van der Waals surface area contributed by atoms with Gasteiger partial charge in [0.25, 0.3) is 0 Å². The minimum Gasteiger partial charge on any atom is -0.497 e. The summed E-state index contributed by atoms with van der Waals surface area (Å²) in [5.41, 5.74) is 8.40. The van der Waals surface area contributed by atoms with Gasteiger partial charge >= 0.3 is 0 Å². The van der Waals surface area contributed by atoms with E-state index < -0.39 is 0 Å². The normalized spacial score (nSPS) is 21.0. The van der Waals surface area contributed by atoms with Gasteiger partial charge in [0, 0.05) is 24.1 Å². The molecule has 0 aliphatic carbocycles. The molecule has 0 amide bonds. The molecule has 0 saturated carbocycles. The van der Waals surface area contributed by atoms with E-state index in [0.717, 1.165) is 29.2 Å². The van der Waals surface area contributed by atoms with E-state index in [1.54, 1.807) is 7.11 Å². The molecular weight excluding hydrogens is 266 g/mol. The summed E-state index contributed by atoms with van der Waals surface area (Å²) in [5.74, 6) is 1.63. The van der Waals surface area contributed by atoms with Gasteiger partial charge in [-0.05, 0) is 32.0 Å². The van der Waals surface area contributed by atoms with Crippen LogP contribution in [0.2, 0.25) is 0 Å². The highest BCUT2D eigenvalue weighted by molar-refractivity contribution is 5.44. The maximum absolute atomic E-state index is 6.33. The standard InChI is InChI=1S/C16H21N3O2/c1-10(2)19-9-18-8-14(19)16-7-13(17)12-6-11(20-3)4-5-15(12)21-16/h4-6,8-10,13,16H,7,17H2,1-3H3. The number of hydrogen-bond acceptors (Lipinski definition) is 4. The Morgan fingerprint density at radius 1 is 1.43 bits per heavy atom. The summed E-state index contributed by atoms with van der Waals surface area (Å²) >= 11 is 0. The molecule has 2 heterocycles. The van der Waals surface area contributed by atoms with Crippen LogP contribution in [0.15, 0.2) is 30.7 Å². The Hall–Kier alpha value is -2.01. The van der Waals surface area contributed by atoms with Gasteiger partial charge in [0.1, 0.15) is 17.6 Å². The largest absolute Gasteiger partial charge is 0.497 e. The topological polar surface area (TPSA) is 62.3 Å². The van der Waals surface area contributed by atoms with Gasteiger partial charge in [-0.15, -0.1) is 0 Å². The molecule has 1 aliphatic rings. The first-order valence-electron chi connectivity index (χ1n) is 7.22. The molecule has 2 N–H and O–H groups in total. The summed E-state index contributed by atoms with van der Waals surface area (Å²) < 4.78 is 13.5. The van der Waals surface area contributed by atoms with Crippen molar-refractivity contribution in [3.8, 4) is 11.5 Å². The number of hydrogen-bond donors (Lipinski definition) is 1. The molecule has 2 atom stereocenters. The Kier molecular flexibility index (Phi) is 3.59. The number of aromatic nitrogens is 2. The fraction of sp³-hybridized carbons (Fsp3) is 0.438. The van der Waals surface area contributed by atoms with Crippen molar-refractivity contribution in [1.82, 2.24) is 9.55 Å². The number of nitrogens with two attached hydrogens (primary N) is 1. The zero-order valence-corrected chi connectivity index (χ0v) is 12.6. The van der Waals surface area contributed by atoms with E-state index in [1.165, 1.54) is 0 Å². The van der Waals surface area contributed by atoms with Crippen LogP contribution >= 0.6 is 0 Å². The van der Waals surface area contributed by atoms with Gasteiger partial charge in [-0.1, -0.05) is 0 Å². The smallest absolute Gasteiger partial charge is 0.142 e. The van der Waals surface area contributed by atoms with Gasteiger partial charge in [0.15, 0.2) is 0 Å². The highest BCUT2D eigenvalue weighted by Gasteiger charge is 2.29. The molecular formula is C16H21N3O2. The van der Waals surface area contributed by atoms with Crippen LogP contribution < -0.4 is 15.2 Å². The Balaban J connectivity index is 1.93. The second-order valence-electron chi connectivity index (χ2n) is 5.67. The highest BCUT2D eigenvalue weighted by Crippen LogP contribution is 2.41. The van der Waals surface area contributed by atoms with Gasteiger partial charge in [-0.25, -0.2) is 4.98 Å². The number of methoxy groups -OCH3 is 1. The van der Waals surface area contributed by atoms with Crippen molar-refractivity contribution in [2.24, 2.45) is 5.73 Å². The average molecular weight is 287 g/mol. The van der Waals surface area contributed by atoms with E-state index in [4.69, 9.17) is 15.2 Å². The van der Waals surface area contributed by atoms with Crippen LogP contribution in [0.3, 0.4) is 0 Å². The molecule has 0 saturated heterocycles. The average Bonchev–Trinajstić information content (AvgIpc) is 2.96. The number of rotatable bonds is 3. The number of benzene rings is 1. The van der Waals surface area contributed by atoms with Crippen LogP contribution in [-0.2, 0) is 0 Å². The molecule has 5 heteroatoms. The molecule has 0 radical (unpaired) electrons. The fourth-order valence-electron chi connectivity index (χ4n) is 2.79. The first-order chi connectivity index (χ1) is 10.1. The maximum Gasteiger partial charge on any atom is 0.142 e. The fourth-order valence-corrected chi connectivity index (χ4v) is 2.79. The number of imidazole rings is 1. The molecule has 0 spiro atoms. The number of ether oxygens (including phenoxy) is 2. The third-order valence-corrected chi connectivity index (χ3v) is 3.94. The van der Waals surface area contributed by atoms with Crippen LogP contribution in [0.5, 0.6) is 11.5 Å². The Morgan fingerprint density at radius 2 is 2.24 bits per heavy atom. The number of nitrogens with zero attached hydrogens (tertiary/aromatic N) is 2. The van der Waals surface area contributed by atoms with E-state index in [9.17, 15) is 0 Å². The quantitative estimate of drug-likeness (QED) is 0.942. The SMILES string of the molecule is COc1ccc2c(c1)C(N)CC(c1cncn1C(C)C)O2. The van der Waals surface area contributed by atoms with Crippen LogP contribution in [0.1, 0.15) is 49.7 Å². The predicted molar refractivity (Wildman–Crippen MR) is 80.5 cm³/mol. The Bertz CT molecular complexity index is 636. The maximum atomic E-state index is 6.33. The minimum atomic E-state index is -0.0654. The highest BCUT2D eigenvalue weighted by atomic mass is 16.5. The van der Waals surface area contributed by atoms with E-state index in [1.807, 2.05) is 30.7 Å². The zero-order valence-electron chi connectivity index (χ0n) is 12.6. The summed E-state index contributed by atoms with van der Waals surface area (Å²) in [7, 11) is 1.65. The zero-order chi connectivity index (χ0) is 15.0. The van der Waals surface area contributed by atoms with E-state index >= 15 is 0 Å². The summed E-state index contributed by atoms with van der Waals surface area (Å²) in [4.78, 5) is 4.25. The van der Waals surface area contributed by atoms with Crippen molar-refractivity contribution in [3.05, 3.63) is 42.0 Å². The van der Waals surface area contributed by atoms with E-state index in [-0.39, 0.29) is 12.1 Å². The van der Waals surface area contributed by atoms with Crippen molar-refractivity contribution < 1.29 is 9.47 Å².